The summed E-state index contributed by atoms with van der Waals surface area (Å²) >= 11 is 1.32. The van der Waals surface area contributed by atoms with E-state index < -0.39 is 0 Å². The van der Waals surface area contributed by atoms with Gasteiger partial charge in [-0.2, -0.15) is 0 Å². The Morgan fingerprint density at radius 1 is 1.07 bits per heavy atom. The first-order chi connectivity index (χ1) is 13.6. The Balaban J connectivity index is 1.56. The lowest BCUT2D eigenvalue weighted by atomic mass is 9.99. The molecule has 1 saturated carbocycles. The molecule has 28 heavy (non-hydrogen) atoms. The van der Waals surface area contributed by atoms with Crippen molar-refractivity contribution in [2.24, 2.45) is 5.92 Å². The van der Waals surface area contributed by atoms with E-state index in [1.807, 2.05) is 55.5 Å². The minimum absolute atomic E-state index is 0.0483. The fraction of sp³-hybridized carbons (Fsp3) is 0.227. The molecule has 1 aliphatic carbocycles. The third-order valence-corrected chi connectivity index (χ3v) is 5.92. The summed E-state index contributed by atoms with van der Waals surface area (Å²) in [5.74, 6) is 0.0288. The third kappa shape index (κ3) is 4.12. The first-order valence-electron chi connectivity index (χ1n) is 9.29. The van der Waals surface area contributed by atoms with Gasteiger partial charge in [-0.05, 0) is 54.7 Å². The van der Waals surface area contributed by atoms with Crippen LogP contribution in [0.3, 0.4) is 0 Å². The topological polar surface area (TPSA) is 71.1 Å². The molecule has 6 heteroatoms. The molecule has 2 amide bonds. The van der Waals surface area contributed by atoms with Crippen molar-refractivity contribution in [2.75, 3.05) is 5.32 Å². The number of aryl methyl sites for hydroxylation is 1. The van der Waals surface area contributed by atoms with Gasteiger partial charge in [-0.25, -0.2) is 0 Å². The van der Waals surface area contributed by atoms with E-state index in [-0.39, 0.29) is 23.8 Å². The molecule has 0 saturated heterocycles. The summed E-state index contributed by atoms with van der Waals surface area (Å²) in [6, 6.07) is 15.2. The number of thiophene rings is 1. The van der Waals surface area contributed by atoms with E-state index in [0.29, 0.717) is 4.88 Å². The van der Waals surface area contributed by atoms with Crippen LogP contribution in [0, 0.1) is 12.8 Å². The SMILES string of the molecule is Cc1cc(NC(=O)C2CC2)sc1C(=O)NC(c1ccccc1)c1ccncc1. The molecule has 1 atom stereocenters. The van der Waals surface area contributed by atoms with Gasteiger partial charge in [-0.15, -0.1) is 11.3 Å². The molecule has 5 nitrogen and oxygen atoms in total. The lowest BCUT2D eigenvalue weighted by Gasteiger charge is -2.19. The smallest absolute Gasteiger partial charge is 0.262 e. The molecule has 0 aliphatic heterocycles. The van der Waals surface area contributed by atoms with E-state index in [1.165, 1.54) is 11.3 Å². The number of rotatable bonds is 6. The van der Waals surface area contributed by atoms with Crippen molar-refractivity contribution in [1.29, 1.82) is 0 Å². The molecule has 1 unspecified atom stereocenters. The van der Waals surface area contributed by atoms with Crippen LogP contribution in [0.1, 0.15) is 45.2 Å². The number of nitrogens with one attached hydrogen (secondary N) is 2. The lowest BCUT2D eigenvalue weighted by molar-refractivity contribution is -0.117. The first-order valence-corrected chi connectivity index (χ1v) is 10.1. The van der Waals surface area contributed by atoms with E-state index in [9.17, 15) is 9.59 Å². The van der Waals surface area contributed by atoms with Crippen LogP contribution >= 0.6 is 11.3 Å². The van der Waals surface area contributed by atoms with Crippen LogP contribution in [0.25, 0.3) is 0 Å². The van der Waals surface area contributed by atoms with Gasteiger partial charge in [0.05, 0.1) is 15.9 Å². The monoisotopic (exact) mass is 391 g/mol. The lowest BCUT2D eigenvalue weighted by Crippen LogP contribution is -2.29. The highest BCUT2D eigenvalue weighted by molar-refractivity contribution is 7.18. The fourth-order valence-electron chi connectivity index (χ4n) is 3.10. The highest BCUT2D eigenvalue weighted by Gasteiger charge is 2.30. The van der Waals surface area contributed by atoms with Gasteiger partial charge in [0.15, 0.2) is 0 Å². The number of amides is 2. The number of nitrogens with zero attached hydrogens (tertiary/aromatic N) is 1. The second-order valence-corrected chi connectivity index (χ2v) is 8.04. The molecule has 0 spiro atoms. The van der Waals surface area contributed by atoms with Crippen molar-refractivity contribution < 1.29 is 9.59 Å². The van der Waals surface area contributed by atoms with Crippen LogP contribution in [0.15, 0.2) is 60.9 Å². The van der Waals surface area contributed by atoms with E-state index in [0.717, 1.165) is 34.5 Å². The molecule has 3 aromatic rings. The van der Waals surface area contributed by atoms with Crippen LogP contribution in [0.2, 0.25) is 0 Å². The minimum atomic E-state index is -0.275. The Morgan fingerprint density at radius 3 is 2.43 bits per heavy atom. The highest BCUT2D eigenvalue weighted by atomic mass is 32.1. The number of hydrogen-bond donors (Lipinski definition) is 2. The standard InChI is InChI=1S/C22H21N3O2S/c1-14-13-18(24-21(26)17-7-8-17)28-20(14)22(27)25-19(15-5-3-2-4-6-15)16-9-11-23-12-10-16/h2-6,9-13,17,19H,7-8H2,1H3,(H,24,26)(H,25,27). The summed E-state index contributed by atoms with van der Waals surface area (Å²) in [7, 11) is 0. The van der Waals surface area contributed by atoms with Crippen molar-refractivity contribution in [3.8, 4) is 0 Å². The maximum absolute atomic E-state index is 13.0. The molecule has 1 fully saturated rings. The highest BCUT2D eigenvalue weighted by Crippen LogP contribution is 2.33. The van der Waals surface area contributed by atoms with Crippen molar-refractivity contribution >= 4 is 28.2 Å². The number of aromatic nitrogens is 1. The number of benzene rings is 1. The molecule has 1 aliphatic rings. The fourth-order valence-corrected chi connectivity index (χ4v) is 4.07. The Labute approximate surface area is 167 Å². The Bertz CT molecular complexity index is 942. The van der Waals surface area contributed by atoms with Crippen LogP contribution in [0.4, 0.5) is 5.00 Å². The molecule has 0 radical (unpaired) electrons. The Hall–Kier alpha value is -2.99. The van der Waals surface area contributed by atoms with Crippen LogP contribution in [-0.2, 0) is 4.79 Å². The van der Waals surface area contributed by atoms with Gasteiger partial charge in [0, 0.05) is 18.3 Å². The van der Waals surface area contributed by atoms with Gasteiger partial charge in [-0.3, -0.25) is 14.6 Å². The largest absolute Gasteiger partial charge is 0.340 e. The Kier molecular flexibility index (Phi) is 5.21. The average molecular weight is 391 g/mol. The predicted molar refractivity (Wildman–Crippen MR) is 110 cm³/mol. The van der Waals surface area contributed by atoms with Gasteiger partial charge >= 0.3 is 0 Å². The summed E-state index contributed by atoms with van der Waals surface area (Å²) in [6.45, 7) is 1.89. The van der Waals surface area contributed by atoms with Gasteiger partial charge in [0.25, 0.3) is 5.91 Å². The number of carbonyl (C=O) groups is 2. The summed E-state index contributed by atoms with van der Waals surface area (Å²) < 4.78 is 0. The molecule has 0 bridgehead atoms. The zero-order valence-electron chi connectivity index (χ0n) is 15.5. The summed E-state index contributed by atoms with van der Waals surface area (Å²) in [5, 5.41) is 6.79. The number of carbonyl (C=O) groups excluding carboxylic acids is 2. The van der Waals surface area contributed by atoms with Crippen LogP contribution in [0.5, 0.6) is 0 Å². The third-order valence-electron chi connectivity index (χ3n) is 4.77. The predicted octanol–water partition coefficient (Wildman–Crippen LogP) is 4.32. The molecular weight excluding hydrogens is 370 g/mol. The number of pyridine rings is 1. The minimum Gasteiger partial charge on any atom is -0.340 e. The molecule has 2 aromatic heterocycles. The van der Waals surface area contributed by atoms with Crippen LogP contribution < -0.4 is 10.6 Å². The number of hydrogen-bond acceptors (Lipinski definition) is 4. The maximum Gasteiger partial charge on any atom is 0.262 e. The van der Waals surface area contributed by atoms with E-state index in [4.69, 9.17) is 0 Å². The normalized spacial score (nSPS) is 14.3. The van der Waals surface area contributed by atoms with E-state index in [2.05, 4.69) is 15.6 Å². The maximum atomic E-state index is 13.0. The summed E-state index contributed by atoms with van der Waals surface area (Å²) in [6.07, 6.45) is 5.35. The zero-order chi connectivity index (χ0) is 19.5. The number of anilines is 1. The second-order valence-electron chi connectivity index (χ2n) is 6.98. The molecular formula is C22H21N3O2S. The molecule has 1 aromatic carbocycles. The molecule has 2 N–H and O–H groups in total. The van der Waals surface area contributed by atoms with Crippen molar-refractivity contribution in [2.45, 2.75) is 25.8 Å². The second kappa shape index (κ2) is 7.94. The quantitative estimate of drug-likeness (QED) is 0.657. The first kappa shape index (κ1) is 18.4. The van der Waals surface area contributed by atoms with E-state index in [1.54, 1.807) is 12.4 Å². The van der Waals surface area contributed by atoms with Crippen molar-refractivity contribution in [3.05, 3.63) is 82.5 Å². The van der Waals surface area contributed by atoms with Crippen molar-refractivity contribution in [1.82, 2.24) is 10.3 Å². The van der Waals surface area contributed by atoms with Gasteiger partial charge < -0.3 is 10.6 Å². The molecule has 4 rings (SSSR count). The van der Waals surface area contributed by atoms with E-state index >= 15 is 0 Å². The zero-order valence-corrected chi connectivity index (χ0v) is 16.3. The van der Waals surface area contributed by atoms with Gasteiger partial charge in [-0.1, -0.05) is 30.3 Å². The van der Waals surface area contributed by atoms with Gasteiger partial charge in [0.1, 0.15) is 0 Å². The molecule has 142 valence electrons. The average Bonchev–Trinajstić information content (AvgIpc) is 3.51. The van der Waals surface area contributed by atoms with Crippen molar-refractivity contribution in [3.63, 3.8) is 0 Å². The van der Waals surface area contributed by atoms with Gasteiger partial charge in [0.2, 0.25) is 5.91 Å². The van der Waals surface area contributed by atoms with Crippen LogP contribution in [-0.4, -0.2) is 16.8 Å². The summed E-state index contributed by atoms with van der Waals surface area (Å²) in [4.78, 5) is 29.7. The Morgan fingerprint density at radius 2 is 1.75 bits per heavy atom. The summed E-state index contributed by atoms with van der Waals surface area (Å²) in [5.41, 5.74) is 2.82. The molecule has 2 heterocycles.